The molecule has 0 radical (unpaired) electrons. The van der Waals surface area contributed by atoms with Crippen LogP contribution < -0.4 is 4.90 Å². The second-order valence-corrected chi connectivity index (χ2v) is 6.72. The van der Waals surface area contributed by atoms with Crippen molar-refractivity contribution in [1.82, 2.24) is 0 Å². The Hall–Kier alpha value is -3.24. The molecule has 3 aromatic rings. The number of anilines is 1. The van der Waals surface area contributed by atoms with Crippen LogP contribution in [0.2, 0.25) is 0 Å². The molecule has 0 aromatic heterocycles. The predicted octanol–water partition coefficient (Wildman–Crippen LogP) is 3.69. The average Bonchev–Trinajstić information content (AvgIpc) is 2.92. The maximum atomic E-state index is 13.2. The zero-order valence-electron chi connectivity index (χ0n) is 14.7. The van der Waals surface area contributed by atoms with E-state index in [0.717, 1.165) is 5.56 Å². The Balaban J connectivity index is 1.69. The lowest BCUT2D eigenvalue weighted by molar-refractivity contribution is -0.136. The number of Topliss-reactive ketones (excluding diaryl/α,β-unsaturated/α-hetero) is 1. The third-order valence-corrected chi connectivity index (χ3v) is 4.94. The Bertz CT molecular complexity index is 985. The van der Waals surface area contributed by atoms with E-state index in [4.69, 9.17) is 0 Å². The van der Waals surface area contributed by atoms with Gasteiger partial charge in [0.2, 0.25) is 0 Å². The summed E-state index contributed by atoms with van der Waals surface area (Å²) in [6.07, 6.45) is -0.280. The molecular formula is C23H19NO3. The van der Waals surface area contributed by atoms with E-state index >= 15 is 0 Å². The number of nitrogens with zero attached hydrogens (tertiary/aromatic N) is 1. The van der Waals surface area contributed by atoms with Gasteiger partial charge in [-0.2, -0.15) is 0 Å². The molecule has 0 aliphatic carbocycles. The zero-order valence-corrected chi connectivity index (χ0v) is 14.7. The molecule has 4 rings (SSSR count). The van der Waals surface area contributed by atoms with E-state index in [-0.39, 0.29) is 12.2 Å². The number of carbonyl (C=O) groups excluding carboxylic acids is 2. The van der Waals surface area contributed by atoms with Gasteiger partial charge in [0.1, 0.15) is 0 Å². The van der Waals surface area contributed by atoms with Gasteiger partial charge in [-0.25, -0.2) is 0 Å². The van der Waals surface area contributed by atoms with Crippen LogP contribution in [0.5, 0.6) is 0 Å². The van der Waals surface area contributed by atoms with Crippen molar-refractivity contribution in [3.63, 3.8) is 0 Å². The second kappa shape index (κ2) is 6.82. The monoisotopic (exact) mass is 357 g/mol. The molecule has 0 saturated heterocycles. The van der Waals surface area contributed by atoms with Gasteiger partial charge in [-0.05, 0) is 11.6 Å². The Morgan fingerprint density at radius 2 is 1.44 bits per heavy atom. The SMILES string of the molecule is O=C(C[C@]1(O)C(=O)N(Cc2ccccc2)c2ccccc21)c1ccccc1. The normalized spacial score (nSPS) is 18.4. The van der Waals surface area contributed by atoms with E-state index in [9.17, 15) is 14.7 Å². The maximum absolute atomic E-state index is 13.2. The van der Waals surface area contributed by atoms with Gasteiger partial charge in [-0.1, -0.05) is 78.9 Å². The van der Waals surface area contributed by atoms with Gasteiger partial charge in [0.25, 0.3) is 5.91 Å². The first kappa shape index (κ1) is 17.2. The van der Waals surface area contributed by atoms with Crippen LogP contribution in [-0.4, -0.2) is 16.8 Å². The fourth-order valence-corrected chi connectivity index (χ4v) is 3.56. The van der Waals surface area contributed by atoms with Crippen molar-refractivity contribution >= 4 is 17.4 Å². The van der Waals surface area contributed by atoms with Crippen LogP contribution in [0.4, 0.5) is 5.69 Å². The molecule has 3 aromatic carbocycles. The number of hydrogen-bond acceptors (Lipinski definition) is 3. The molecule has 0 fully saturated rings. The van der Waals surface area contributed by atoms with Gasteiger partial charge in [0, 0.05) is 11.1 Å². The fraction of sp³-hybridized carbons (Fsp3) is 0.130. The Kier molecular flexibility index (Phi) is 4.34. The van der Waals surface area contributed by atoms with Gasteiger partial charge in [-0.3, -0.25) is 9.59 Å². The highest BCUT2D eigenvalue weighted by Crippen LogP contribution is 2.43. The van der Waals surface area contributed by atoms with Crippen molar-refractivity contribution in [2.75, 3.05) is 4.90 Å². The van der Waals surface area contributed by atoms with E-state index in [2.05, 4.69) is 0 Å². The van der Waals surface area contributed by atoms with E-state index in [1.807, 2.05) is 42.5 Å². The number of fused-ring (bicyclic) bond motifs is 1. The summed E-state index contributed by atoms with van der Waals surface area (Å²) in [5.41, 5.74) is 0.722. The molecular weight excluding hydrogens is 338 g/mol. The van der Waals surface area contributed by atoms with Crippen molar-refractivity contribution in [3.8, 4) is 0 Å². The molecule has 4 heteroatoms. The molecule has 0 bridgehead atoms. The van der Waals surface area contributed by atoms with E-state index in [1.165, 1.54) is 0 Å². The Morgan fingerprint density at radius 3 is 2.15 bits per heavy atom. The number of aliphatic hydroxyl groups is 1. The largest absolute Gasteiger partial charge is 0.375 e. The van der Waals surface area contributed by atoms with Gasteiger partial charge in [0.15, 0.2) is 11.4 Å². The first-order valence-corrected chi connectivity index (χ1v) is 8.85. The molecule has 134 valence electrons. The number of amides is 1. The van der Waals surface area contributed by atoms with Crippen LogP contribution in [0.3, 0.4) is 0 Å². The summed E-state index contributed by atoms with van der Waals surface area (Å²) < 4.78 is 0. The lowest BCUT2D eigenvalue weighted by Gasteiger charge is -2.23. The molecule has 27 heavy (non-hydrogen) atoms. The first-order valence-electron chi connectivity index (χ1n) is 8.85. The molecule has 1 N–H and O–H groups in total. The third kappa shape index (κ3) is 3.04. The van der Waals surface area contributed by atoms with Crippen molar-refractivity contribution in [2.24, 2.45) is 0 Å². The Labute approximate surface area is 157 Å². The topological polar surface area (TPSA) is 57.6 Å². The molecule has 1 amide bonds. The molecule has 1 aliphatic heterocycles. The minimum Gasteiger partial charge on any atom is -0.375 e. The summed E-state index contributed by atoms with van der Waals surface area (Å²) >= 11 is 0. The van der Waals surface area contributed by atoms with Crippen LogP contribution in [0.25, 0.3) is 0 Å². The summed E-state index contributed by atoms with van der Waals surface area (Å²) in [4.78, 5) is 27.4. The first-order chi connectivity index (χ1) is 13.1. The predicted molar refractivity (Wildman–Crippen MR) is 103 cm³/mol. The van der Waals surface area contributed by atoms with Crippen LogP contribution in [0, 0.1) is 0 Å². The van der Waals surface area contributed by atoms with Crippen LogP contribution in [0.1, 0.15) is 27.9 Å². The summed E-state index contributed by atoms with van der Waals surface area (Å²) in [5.74, 6) is -0.723. The lowest BCUT2D eigenvalue weighted by atomic mass is 9.88. The highest BCUT2D eigenvalue weighted by atomic mass is 16.3. The van der Waals surface area contributed by atoms with E-state index in [1.54, 1.807) is 47.4 Å². The third-order valence-electron chi connectivity index (χ3n) is 4.94. The van der Waals surface area contributed by atoms with Gasteiger partial charge >= 0.3 is 0 Å². The number of ketones is 1. The summed E-state index contributed by atoms with van der Waals surface area (Å²) in [7, 11) is 0. The standard InChI is InChI=1S/C23H19NO3/c25-21(18-11-5-2-6-12-18)15-23(27)19-13-7-8-14-20(19)24(22(23)26)16-17-9-3-1-4-10-17/h1-14,27H,15-16H2/t23-/m1/s1. The van der Waals surface area contributed by atoms with Crippen molar-refractivity contribution in [2.45, 2.75) is 18.6 Å². The van der Waals surface area contributed by atoms with Crippen molar-refractivity contribution < 1.29 is 14.7 Å². The van der Waals surface area contributed by atoms with Crippen LogP contribution in [0.15, 0.2) is 84.9 Å². The van der Waals surface area contributed by atoms with Crippen molar-refractivity contribution in [1.29, 1.82) is 0 Å². The smallest absolute Gasteiger partial charge is 0.264 e. The van der Waals surface area contributed by atoms with Gasteiger partial charge in [0.05, 0.1) is 18.7 Å². The second-order valence-electron chi connectivity index (χ2n) is 6.72. The molecule has 1 atom stereocenters. The summed E-state index contributed by atoms with van der Waals surface area (Å²) in [6, 6.07) is 25.5. The maximum Gasteiger partial charge on any atom is 0.264 e. The molecule has 0 unspecified atom stereocenters. The van der Waals surface area contributed by atoms with E-state index in [0.29, 0.717) is 23.4 Å². The lowest BCUT2D eigenvalue weighted by Crippen LogP contribution is -2.41. The molecule has 4 nitrogen and oxygen atoms in total. The quantitative estimate of drug-likeness (QED) is 0.709. The van der Waals surface area contributed by atoms with Gasteiger partial charge in [-0.15, -0.1) is 0 Å². The number of carbonyl (C=O) groups is 2. The van der Waals surface area contributed by atoms with E-state index < -0.39 is 11.5 Å². The number of hydrogen-bond donors (Lipinski definition) is 1. The average molecular weight is 357 g/mol. The minimum atomic E-state index is -1.85. The fourth-order valence-electron chi connectivity index (χ4n) is 3.56. The highest BCUT2D eigenvalue weighted by molar-refractivity contribution is 6.10. The molecule has 0 saturated carbocycles. The highest BCUT2D eigenvalue weighted by Gasteiger charge is 2.50. The number of rotatable bonds is 5. The summed E-state index contributed by atoms with van der Waals surface area (Å²) in [6.45, 7) is 0.346. The Morgan fingerprint density at radius 1 is 0.852 bits per heavy atom. The van der Waals surface area contributed by atoms with Crippen LogP contribution >= 0.6 is 0 Å². The molecule has 0 spiro atoms. The van der Waals surface area contributed by atoms with Crippen LogP contribution in [-0.2, 0) is 16.9 Å². The minimum absolute atomic E-state index is 0.261. The summed E-state index contributed by atoms with van der Waals surface area (Å²) in [5, 5.41) is 11.3. The zero-order chi connectivity index (χ0) is 18.9. The molecule has 1 heterocycles. The number of para-hydroxylation sites is 1. The number of benzene rings is 3. The van der Waals surface area contributed by atoms with Crippen molar-refractivity contribution in [3.05, 3.63) is 102 Å². The molecule has 1 aliphatic rings. The van der Waals surface area contributed by atoms with Gasteiger partial charge < -0.3 is 10.0 Å².